The minimum absolute atomic E-state index is 0.0115. The molecular weight excluding hydrogens is 398 g/mol. The molecule has 160 valence electrons. The van der Waals surface area contributed by atoms with Gasteiger partial charge in [-0.1, -0.05) is 17.8 Å². The van der Waals surface area contributed by atoms with E-state index in [0.29, 0.717) is 18.1 Å². The summed E-state index contributed by atoms with van der Waals surface area (Å²) in [7, 11) is 1.63. The lowest BCUT2D eigenvalue weighted by Gasteiger charge is -2.32. The van der Waals surface area contributed by atoms with E-state index in [9.17, 15) is 9.59 Å². The van der Waals surface area contributed by atoms with Crippen LogP contribution in [-0.4, -0.2) is 47.7 Å². The molecule has 3 rings (SSSR count). The molecule has 0 spiro atoms. The van der Waals surface area contributed by atoms with Crippen molar-refractivity contribution < 1.29 is 14.3 Å². The molecule has 1 aliphatic rings. The number of amides is 2. The van der Waals surface area contributed by atoms with E-state index < -0.39 is 0 Å². The highest BCUT2D eigenvalue weighted by Crippen LogP contribution is 2.24. The summed E-state index contributed by atoms with van der Waals surface area (Å²) in [6.45, 7) is 3.48. The van der Waals surface area contributed by atoms with Crippen LogP contribution in [0.25, 0.3) is 0 Å². The number of pyridine rings is 1. The van der Waals surface area contributed by atoms with Crippen molar-refractivity contribution in [3.05, 3.63) is 48.2 Å². The topological polar surface area (TPSA) is 71.5 Å². The number of hydrogen-bond donors (Lipinski definition) is 1. The van der Waals surface area contributed by atoms with Crippen LogP contribution >= 0.6 is 11.8 Å². The first-order valence-electron chi connectivity index (χ1n) is 10.3. The molecule has 2 amide bonds. The zero-order chi connectivity index (χ0) is 21.3. The number of ether oxygens (including phenoxy) is 1. The van der Waals surface area contributed by atoms with Crippen molar-refractivity contribution in [3.63, 3.8) is 0 Å². The number of nitrogens with zero attached hydrogens (tertiary/aromatic N) is 2. The van der Waals surface area contributed by atoms with Crippen LogP contribution in [-0.2, 0) is 9.59 Å². The van der Waals surface area contributed by atoms with Crippen molar-refractivity contribution in [3.8, 4) is 5.75 Å². The maximum Gasteiger partial charge on any atom is 0.232 e. The molecule has 0 bridgehead atoms. The van der Waals surface area contributed by atoms with Crippen LogP contribution in [0.1, 0.15) is 31.2 Å². The van der Waals surface area contributed by atoms with Gasteiger partial charge < -0.3 is 15.0 Å². The van der Waals surface area contributed by atoms with Gasteiger partial charge in [-0.3, -0.25) is 9.59 Å². The summed E-state index contributed by atoms with van der Waals surface area (Å²) in [5, 5.41) is 3.85. The number of aromatic nitrogens is 1. The quantitative estimate of drug-likeness (QED) is 0.641. The Morgan fingerprint density at radius 3 is 2.90 bits per heavy atom. The SMILES string of the molecule is COc1ccc(NC(=O)CCC2CCCN(C(=O)CSc3ccccn3)C2)c(C)c1. The van der Waals surface area contributed by atoms with Gasteiger partial charge >= 0.3 is 0 Å². The third-order valence-electron chi connectivity index (χ3n) is 5.34. The molecule has 1 N–H and O–H groups in total. The number of carbonyl (C=O) groups is 2. The molecule has 1 atom stereocenters. The minimum atomic E-state index is 0.0115. The second-order valence-electron chi connectivity index (χ2n) is 7.57. The van der Waals surface area contributed by atoms with Crippen molar-refractivity contribution in [2.24, 2.45) is 5.92 Å². The molecule has 0 saturated carbocycles. The maximum atomic E-state index is 12.6. The van der Waals surface area contributed by atoms with Gasteiger partial charge in [0, 0.05) is 31.4 Å². The number of likely N-dealkylation sites (tertiary alicyclic amines) is 1. The predicted octanol–water partition coefficient (Wildman–Crippen LogP) is 4.15. The molecule has 30 heavy (non-hydrogen) atoms. The number of piperidine rings is 1. The molecule has 1 unspecified atom stereocenters. The summed E-state index contributed by atoms with van der Waals surface area (Å²) in [6.07, 6.45) is 5.04. The van der Waals surface area contributed by atoms with Crippen LogP contribution in [0.5, 0.6) is 5.75 Å². The Hall–Kier alpha value is -2.54. The molecule has 1 fully saturated rings. The number of rotatable bonds is 8. The molecule has 6 nitrogen and oxygen atoms in total. The summed E-state index contributed by atoms with van der Waals surface area (Å²) >= 11 is 1.47. The van der Waals surface area contributed by atoms with Gasteiger partial charge in [-0.05, 0) is 68.0 Å². The number of benzene rings is 1. The lowest BCUT2D eigenvalue weighted by Crippen LogP contribution is -2.41. The van der Waals surface area contributed by atoms with E-state index in [2.05, 4.69) is 10.3 Å². The van der Waals surface area contributed by atoms with E-state index in [1.807, 2.05) is 48.2 Å². The fourth-order valence-electron chi connectivity index (χ4n) is 3.64. The molecule has 1 aromatic heterocycles. The van der Waals surface area contributed by atoms with Gasteiger partial charge in [0.25, 0.3) is 0 Å². The largest absolute Gasteiger partial charge is 0.497 e. The van der Waals surface area contributed by atoms with Gasteiger partial charge in [-0.25, -0.2) is 4.98 Å². The number of anilines is 1. The number of thioether (sulfide) groups is 1. The molecule has 1 aliphatic heterocycles. The number of methoxy groups -OCH3 is 1. The maximum absolute atomic E-state index is 12.6. The van der Waals surface area contributed by atoms with Crippen molar-refractivity contribution in [2.45, 2.75) is 37.6 Å². The van der Waals surface area contributed by atoms with Gasteiger partial charge in [0.2, 0.25) is 11.8 Å². The molecule has 2 aromatic rings. The van der Waals surface area contributed by atoms with E-state index in [0.717, 1.165) is 54.4 Å². The molecule has 0 aliphatic carbocycles. The first-order valence-corrected chi connectivity index (χ1v) is 11.3. The van der Waals surface area contributed by atoms with Gasteiger partial charge in [0.15, 0.2) is 0 Å². The number of hydrogen-bond acceptors (Lipinski definition) is 5. The van der Waals surface area contributed by atoms with Gasteiger partial charge in [-0.2, -0.15) is 0 Å². The Morgan fingerprint density at radius 2 is 2.17 bits per heavy atom. The zero-order valence-corrected chi connectivity index (χ0v) is 18.4. The Morgan fingerprint density at radius 1 is 1.30 bits per heavy atom. The first-order chi connectivity index (χ1) is 14.5. The van der Waals surface area contributed by atoms with Gasteiger partial charge in [0.1, 0.15) is 5.75 Å². The highest BCUT2D eigenvalue weighted by molar-refractivity contribution is 7.99. The van der Waals surface area contributed by atoms with E-state index in [1.54, 1.807) is 13.3 Å². The van der Waals surface area contributed by atoms with E-state index >= 15 is 0 Å². The molecule has 7 heteroatoms. The van der Waals surface area contributed by atoms with Gasteiger partial charge in [0.05, 0.1) is 17.9 Å². The highest BCUT2D eigenvalue weighted by atomic mass is 32.2. The molecule has 1 aromatic carbocycles. The lowest BCUT2D eigenvalue weighted by molar-refractivity contribution is -0.130. The highest BCUT2D eigenvalue weighted by Gasteiger charge is 2.24. The fourth-order valence-corrected chi connectivity index (χ4v) is 4.40. The van der Waals surface area contributed by atoms with E-state index in [-0.39, 0.29) is 11.8 Å². The second-order valence-corrected chi connectivity index (χ2v) is 8.57. The molecular formula is C23H29N3O3S. The van der Waals surface area contributed by atoms with Crippen LogP contribution in [0.3, 0.4) is 0 Å². The summed E-state index contributed by atoms with van der Waals surface area (Å²) in [4.78, 5) is 31.2. The number of aryl methyl sites for hydroxylation is 1. The Kier molecular flexibility index (Phi) is 8.13. The van der Waals surface area contributed by atoms with E-state index in [4.69, 9.17) is 4.74 Å². The first kappa shape index (κ1) is 22.2. The predicted molar refractivity (Wildman–Crippen MR) is 120 cm³/mol. The number of carbonyl (C=O) groups excluding carboxylic acids is 2. The smallest absolute Gasteiger partial charge is 0.232 e. The fraction of sp³-hybridized carbons (Fsp3) is 0.435. The monoisotopic (exact) mass is 427 g/mol. The van der Waals surface area contributed by atoms with Crippen molar-refractivity contribution in [2.75, 3.05) is 31.3 Å². The molecule has 2 heterocycles. The number of nitrogens with one attached hydrogen (secondary N) is 1. The lowest BCUT2D eigenvalue weighted by atomic mass is 9.93. The Balaban J connectivity index is 1.43. The summed E-state index contributed by atoms with van der Waals surface area (Å²) in [6, 6.07) is 11.3. The van der Waals surface area contributed by atoms with Crippen molar-refractivity contribution in [1.82, 2.24) is 9.88 Å². The van der Waals surface area contributed by atoms with Crippen LogP contribution in [0.4, 0.5) is 5.69 Å². The Labute approximate surface area is 182 Å². The van der Waals surface area contributed by atoms with Gasteiger partial charge in [-0.15, -0.1) is 0 Å². The second kappa shape index (κ2) is 11.0. The molecule has 0 radical (unpaired) electrons. The minimum Gasteiger partial charge on any atom is -0.497 e. The summed E-state index contributed by atoms with van der Waals surface area (Å²) in [5.41, 5.74) is 1.79. The normalized spacial score (nSPS) is 16.2. The van der Waals surface area contributed by atoms with E-state index in [1.165, 1.54) is 11.8 Å². The summed E-state index contributed by atoms with van der Waals surface area (Å²) in [5.74, 6) is 1.70. The van der Waals surface area contributed by atoms with Crippen molar-refractivity contribution in [1.29, 1.82) is 0 Å². The average Bonchev–Trinajstić information content (AvgIpc) is 2.78. The third kappa shape index (κ3) is 6.49. The zero-order valence-electron chi connectivity index (χ0n) is 17.6. The average molecular weight is 428 g/mol. The third-order valence-corrected chi connectivity index (χ3v) is 6.27. The van der Waals surface area contributed by atoms with Crippen LogP contribution in [0.15, 0.2) is 47.6 Å². The van der Waals surface area contributed by atoms with Crippen LogP contribution in [0.2, 0.25) is 0 Å². The molecule has 1 saturated heterocycles. The van der Waals surface area contributed by atoms with Crippen molar-refractivity contribution >= 4 is 29.3 Å². The van der Waals surface area contributed by atoms with Crippen LogP contribution in [0, 0.1) is 12.8 Å². The summed E-state index contributed by atoms with van der Waals surface area (Å²) < 4.78 is 5.20. The Bertz CT molecular complexity index is 860. The van der Waals surface area contributed by atoms with Crippen LogP contribution < -0.4 is 10.1 Å². The standard InChI is InChI=1S/C23H29N3O3S/c1-17-14-19(29-2)9-10-20(17)25-21(27)11-8-18-6-5-13-26(15-18)23(28)16-30-22-7-3-4-12-24-22/h3-4,7,9-10,12,14,18H,5-6,8,11,13,15-16H2,1-2H3,(H,25,27).